The minimum absolute atomic E-state index is 0.625. The second-order valence-corrected chi connectivity index (χ2v) is 8.58. The quantitative estimate of drug-likeness (QED) is 0.274. The zero-order valence-electron chi connectivity index (χ0n) is 23.0. The molecule has 0 aliphatic carbocycles. The number of likely N-dealkylation sites (N-methyl/N-ethyl adjacent to an activating group) is 1. The normalized spacial score (nSPS) is 12.6. The second-order valence-electron chi connectivity index (χ2n) is 8.58. The van der Waals surface area contributed by atoms with Gasteiger partial charge in [0.15, 0.2) is 0 Å². The number of aromatic nitrogens is 3. The van der Waals surface area contributed by atoms with E-state index in [9.17, 15) is 0 Å². The Kier molecular flexibility index (Phi) is 13.6. The number of amides is 1. The van der Waals surface area contributed by atoms with Crippen molar-refractivity contribution in [2.45, 2.75) is 47.0 Å². The van der Waals surface area contributed by atoms with Crippen molar-refractivity contribution in [3.63, 3.8) is 0 Å². The summed E-state index contributed by atoms with van der Waals surface area (Å²) in [6.45, 7) is 12.0. The molecule has 0 aliphatic rings. The van der Waals surface area contributed by atoms with Crippen molar-refractivity contribution in [3.05, 3.63) is 82.8 Å². The summed E-state index contributed by atoms with van der Waals surface area (Å²) in [6.07, 6.45) is 12.3. The standard InChI is InChI=1S/C28H38N4O.C2H5NO/c1-5-8-14-27-26(16-18-32(27)28-15-17-29-30-28)25(22-24-12-10-9-11-13-24)21-23(4)31(6-2)19-20-33-7-3;1-3-2-4/h9-18,21H,5-8,19-20,22H2,1-4H3,(H,29,30);2H,1H3,(H,3,4)/b23-21+,26-25+,27-14-;. The predicted octanol–water partition coefficient (Wildman–Crippen LogP) is 3.80. The first-order valence-electron chi connectivity index (χ1n) is 13.2. The van der Waals surface area contributed by atoms with Gasteiger partial charge in [-0.15, -0.1) is 0 Å². The number of rotatable bonds is 13. The van der Waals surface area contributed by atoms with Crippen molar-refractivity contribution in [1.82, 2.24) is 25.0 Å². The first-order valence-corrected chi connectivity index (χ1v) is 13.2. The molecule has 200 valence electrons. The molecular formula is C30H43N5O2. The predicted molar refractivity (Wildman–Crippen MR) is 153 cm³/mol. The number of nitrogens with zero attached hydrogens (tertiary/aromatic N) is 3. The lowest BCUT2D eigenvalue weighted by molar-refractivity contribution is -0.109. The first kappa shape index (κ1) is 29.6. The number of allylic oxidation sites excluding steroid dienone is 2. The smallest absolute Gasteiger partial charge is 0.206 e. The van der Waals surface area contributed by atoms with Gasteiger partial charge in [0.25, 0.3) is 0 Å². The molecule has 3 aromatic rings. The van der Waals surface area contributed by atoms with Crippen molar-refractivity contribution >= 4 is 18.1 Å². The van der Waals surface area contributed by atoms with Gasteiger partial charge >= 0.3 is 0 Å². The zero-order chi connectivity index (χ0) is 26.9. The van der Waals surface area contributed by atoms with E-state index in [1.807, 2.05) is 13.0 Å². The van der Waals surface area contributed by atoms with Gasteiger partial charge in [-0.2, -0.15) is 5.10 Å². The Labute approximate surface area is 221 Å². The van der Waals surface area contributed by atoms with Crippen LogP contribution in [0.25, 0.3) is 17.5 Å². The van der Waals surface area contributed by atoms with Crippen molar-refractivity contribution in [3.8, 4) is 5.82 Å². The van der Waals surface area contributed by atoms with Crippen LogP contribution in [-0.4, -0.2) is 59.4 Å². The van der Waals surface area contributed by atoms with E-state index in [4.69, 9.17) is 9.53 Å². The van der Waals surface area contributed by atoms with Gasteiger partial charge in [-0.25, -0.2) is 0 Å². The third-order valence-corrected chi connectivity index (χ3v) is 5.97. The maximum atomic E-state index is 9.06. The lowest BCUT2D eigenvalue weighted by Gasteiger charge is -2.24. The summed E-state index contributed by atoms with van der Waals surface area (Å²) in [4.78, 5) is 11.5. The fraction of sp³-hybridized carbons (Fsp3) is 0.400. The number of H-pyrrole nitrogens is 1. The van der Waals surface area contributed by atoms with Crippen LogP contribution >= 0.6 is 0 Å². The molecule has 7 nitrogen and oxygen atoms in total. The summed E-state index contributed by atoms with van der Waals surface area (Å²) in [5.74, 6) is 0.982. The third-order valence-electron chi connectivity index (χ3n) is 5.97. The molecule has 0 bridgehead atoms. The highest BCUT2D eigenvalue weighted by molar-refractivity contribution is 5.61. The average Bonchev–Trinajstić information content (AvgIpc) is 3.60. The molecule has 0 fully saturated rings. The van der Waals surface area contributed by atoms with Crippen LogP contribution < -0.4 is 15.9 Å². The van der Waals surface area contributed by atoms with Gasteiger partial charge in [0.2, 0.25) is 6.41 Å². The maximum Gasteiger partial charge on any atom is 0.206 e. The highest BCUT2D eigenvalue weighted by Crippen LogP contribution is 2.14. The Morgan fingerprint density at radius 3 is 2.51 bits per heavy atom. The van der Waals surface area contributed by atoms with E-state index >= 15 is 0 Å². The summed E-state index contributed by atoms with van der Waals surface area (Å²) in [5.41, 5.74) is 3.89. The number of unbranched alkanes of at least 4 members (excludes halogenated alkanes) is 1. The number of nitrogens with one attached hydrogen (secondary N) is 2. The molecule has 7 heteroatoms. The molecule has 0 radical (unpaired) electrons. The SMILES string of the molecule is CCC/C=c1/c(=C(\C=C(/C)N(CC)CCOCC)Cc2ccccc2)ccn1-c1ccn[nH]1.CNC=O. The second kappa shape index (κ2) is 17.0. The Bertz CT molecular complexity index is 1180. The molecule has 0 saturated carbocycles. The Hall–Kier alpha value is -3.58. The largest absolute Gasteiger partial charge is 0.380 e. The molecule has 3 rings (SSSR count). The van der Waals surface area contributed by atoms with Crippen LogP contribution in [0.15, 0.2) is 66.6 Å². The van der Waals surface area contributed by atoms with Gasteiger partial charge in [-0.05, 0) is 56.9 Å². The number of hydrogen-bond acceptors (Lipinski definition) is 4. The summed E-state index contributed by atoms with van der Waals surface area (Å²) in [5, 5.41) is 12.0. The summed E-state index contributed by atoms with van der Waals surface area (Å²) >= 11 is 0. The van der Waals surface area contributed by atoms with Gasteiger partial charge in [0.1, 0.15) is 5.82 Å². The van der Waals surface area contributed by atoms with E-state index in [0.29, 0.717) is 6.41 Å². The fourth-order valence-corrected chi connectivity index (χ4v) is 4.08. The Balaban J connectivity index is 0.00000112. The van der Waals surface area contributed by atoms with E-state index in [2.05, 4.69) is 100 Å². The summed E-state index contributed by atoms with van der Waals surface area (Å²) in [7, 11) is 1.56. The van der Waals surface area contributed by atoms with Crippen molar-refractivity contribution in [2.75, 3.05) is 33.4 Å². The van der Waals surface area contributed by atoms with Crippen LogP contribution in [0.1, 0.15) is 46.1 Å². The lowest BCUT2D eigenvalue weighted by atomic mass is 10.0. The van der Waals surface area contributed by atoms with Crippen LogP contribution in [0, 0.1) is 0 Å². The molecular weight excluding hydrogens is 462 g/mol. The van der Waals surface area contributed by atoms with E-state index in [1.54, 1.807) is 13.2 Å². The minimum Gasteiger partial charge on any atom is -0.380 e. The van der Waals surface area contributed by atoms with Gasteiger partial charge in [0, 0.05) is 49.9 Å². The van der Waals surface area contributed by atoms with E-state index < -0.39 is 0 Å². The number of carbonyl (C=O) groups excluding carboxylic acids is 1. The minimum atomic E-state index is 0.625. The van der Waals surface area contributed by atoms with Crippen molar-refractivity contribution in [2.24, 2.45) is 0 Å². The Morgan fingerprint density at radius 1 is 1.16 bits per heavy atom. The topological polar surface area (TPSA) is 75.2 Å². The molecule has 37 heavy (non-hydrogen) atoms. The van der Waals surface area contributed by atoms with Crippen molar-refractivity contribution in [1.29, 1.82) is 0 Å². The molecule has 0 spiro atoms. The molecule has 0 aliphatic heterocycles. The molecule has 1 aromatic carbocycles. The number of hydrogen-bond donors (Lipinski definition) is 2. The van der Waals surface area contributed by atoms with Gasteiger partial charge < -0.3 is 19.5 Å². The highest BCUT2D eigenvalue weighted by atomic mass is 16.5. The van der Waals surface area contributed by atoms with Crippen molar-refractivity contribution < 1.29 is 9.53 Å². The molecule has 0 unspecified atom stereocenters. The van der Waals surface area contributed by atoms with Gasteiger partial charge in [-0.3, -0.25) is 9.89 Å². The molecule has 0 saturated heterocycles. The number of benzene rings is 1. The molecule has 2 aromatic heterocycles. The molecule has 2 heterocycles. The van der Waals surface area contributed by atoms with Crippen LogP contribution in [0.4, 0.5) is 0 Å². The monoisotopic (exact) mass is 505 g/mol. The Morgan fingerprint density at radius 2 is 1.92 bits per heavy atom. The summed E-state index contributed by atoms with van der Waals surface area (Å²) < 4.78 is 7.82. The zero-order valence-corrected chi connectivity index (χ0v) is 23.0. The highest BCUT2D eigenvalue weighted by Gasteiger charge is 2.09. The maximum absolute atomic E-state index is 9.06. The van der Waals surface area contributed by atoms with Crippen LogP contribution in [-0.2, 0) is 16.0 Å². The van der Waals surface area contributed by atoms with Crippen LogP contribution in [0.5, 0.6) is 0 Å². The molecule has 1 amide bonds. The number of ether oxygens (including phenoxy) is 1. The first-order chi connectivity index (χ1) is 18.1. The molecule has 0 atom stereocenters. The van der Waals surface area contributed by atoms with E-state index in [-0.39, 0.29) is 0 Å². The van der Waals surface area contributed by atoms with Crippen LogP contribution in [0.3, 0.4) is 0 Å². The number of carbonyl (C=O) groups is 1. The van der Waals surface area contributed by atoms with Gasteiger partial charge in [-0.1, -0.05) is 49.8 Å². The van der Waals surface area contributed by atoms with E-state index in [1.165, 1.54) is 27.4 Å². The van der Waals surface area contributed by atoms with Gasteiger partial charge in [0.05, 0.1) is 18.2 Å². The van der Waals surface area contributed by atoms with E-state index in [0.717, 1.165) is 51.4 Å². The van der Waals surface area contributed by atoms with Crippen LogP contribution in [0.2, 0.25) is 0 Å². The number of aromatic amines is 1. The lowest BCUT2D eigenvalue weighted by Crippen LogP contribution is -2.31. The summed E-state index contributed by atoms with van der Waals surface area (Å²) in [6, 6.07) is 15.0. The molecule has 2 N–H and O–H groups in total. The average molecular weight is 506 g/mol. The fourth-order valence-electron chi connectivity index (χ4n) is 4.08. The third kappa shape index (κ3) is 9.42.